The Morgan fingerprint density at radius 2 is 1.85 bits per heavy atom. The van der Waals surface area contributed by atoms with Crippen LogP contribution in [0.4, 0.5) is 5.69 Å². The lowest BCUT2D eigenvalue weighted by Crippen LogP contribution is -2.06. The Bertz CT molecular complexity index is 566. The molecule has 0 amide bonds. The van der Waals surface area contributed by atoms with Crippen molar-refractivity contribution in [1.29, 1.82) is 0 Å². The van der Waals surface area contributed by atoms with Crippen LogP contribution in [0, 0.1) is 0 Å². The maximum atomic E-state index is 6.01. The lowest BCUT2D eigenvalue weighted by atomic mass is 10.0. The van der Waals surface area contributed by atoms with Gasteiger partial charge in [-0.1, -0.05) is 49.2 Å². The maximum absolute atomic E-state index is 6.01. The number of aryl methyl sites for hydroxylation is 1. The van der Waals surface area contributed by atoms with Crippen LogP contribution in [0.3, 0.4) is 0 Å². The van der Waals surface area contributed by atoms with Crippen molar-refractivity contribution in [2.75, 3.05) is 5.32 Å². The fraction of sp³-hybridized carbons (Fsp3) is 0.294. The Morgan fingerprint density at radius 1 is 1.15 bits per heavy atom. The second-order valence-corrected chi connectivity index (χ2v) is 6.25. The van der Waals surface area contributed by atoms with Gasteiger partial charge in [0, 0.05) is 16.2 Å². The van der Waals surface area contributed by atoms with Crippen molar-refractivity contribution >= 4 is 33.2 Å². The van der Waals surface area contributed by atoms with Gasteiger partial charge in [-0.25, -0.2) is 0 Å². The van der Waals surface area contributed by atoms with E-state index < -0.39 is 0 Å². The van der Waals surface area contributed by atoms with E-state index in [0.29, 0.717) is 0 Å². The van der Waals surface area contributed by atoms with Crippen molar-refractivity contribution < 1.29 is 0 Å². The molecule has 0 aromatic heterocycles. The molecule has 20 heavy (non-hydrogen) atoms. The van der Waals surface area contributed by atoms with Gasteiger partial charge in [0.05, 0.1) is 5.02 Å². The molecule has 1 unspecified atom stereocenters. The molecule has 1 N–H and O–H groups in total. The Labute approximate surface area is 134 Å². The van der Waals surface area contributed by atoms with Crippen molar-refractivity contribution in [1.82, 2.24) is 0 Å². The molecule has 0 aliphatic heterocycles. The molecular formula is C17H19BrClN. The zero-order valence-corrected chi connectivity index (χ0v) is 14.1. The Kier molecular flexibility index (Phi) is 5.50. The minimum atomic E-state index is 0.263. The first-order chi connectivity index (χ1) is 9.60. The van der Waals surface area contributed by atoms with Crippen LogP contribution in [0.15, 0.2) is 46.9 Å². The van der Waals surface area contributed by atoms with Crippen LogP contribution < -0.4 is 5.32 Å². The molecule has 2 aromatic carbocycles. The summed E-state index contributed by atoms with van der Waals surface area (Å²) in [5.41, 5.74) is 3.75. The summed E-state index contributed by atoms with van der Waals surface area (Å²) < 4.78 is 0.912. The molecule has 2 rings (SSSR count). The summed E-state index contributed by atoms with van der Waals surface area (Å²) in [7, 11) is 0. The van der Waals surface area contributed by atoms with Crippen LogP contribution in [0.5, 0.6) is 0 Å². The molecule has 0 heterocycles. The second kappa shape index (κ2) is 7.14. The van der Waals surface area contributed by atoms with E-state index in [1.165, 1.54) is 17.5 Å². The van der Waals surface area contributed by atoms with E-state index >= 15 is 0 Å². The van der Waals surface area contributed by atoms with Gasteiger partial charge in [-0.2, -0.15) is 0 Å². The monoisotopic (exact) mass is 351 g/mol. The smallest absolute Gasteiger partial charge is 0.0549 e. The average molecular weight is 353 g/mol. The summed E-state index contributed by atoms with van der Waals surface area (Å²) in [5.74, 6) is 0. The van der Waals surface area contributed by atoms with Crippen LogP contribution in [-0.2, 0) is 6.42 Å². The summed E-state index contributed by atoms with van der Waals surface area (Å²) in [4.78, 5) is 0. The molecule has 1 atom stereocenters. The van der Waals surface area contributed by atoms with Crippen molar-refractivity contribution in [3.8, 4) is 0 Å². The zero-order chi connectivity index (χ0) is 14.5. The molecule has 0 spiro atoms. The van der Waals surface area contributed by atoms with Gasteiger partial charge in [0.25, 0.3) is 0 Å². The van der Waals surface area contributed by atoms with Crippen LogP contribution in [0.1, 0.15) is 37.4 Å². The molecule has 0 aliphatic rings. The number of hydrogen-bond donors (Lipinski definition) is 1. The normalized spacial score (nSPS) is 12.2. The number of hydrogen-bond acceptors (Lipinski definition) is 1. The van der Waals surface area contributed by atoms with Gasteiger partial charge in [0.2, 0.25) is 0 Å². The average Bonchev–Trinajstić information content (AvgIpc) is 2.44. The minimum absolute atomic E-state index is 0.263. The van der Waals surface area contributed by atoms with E-state index in [9.17, 15) is 0 Å². The molecule has 0 radical (unpaired) electrons. The molecule has 0 saturated carbocycles. The molecule has 106 valence electrons. The van der Waals surface area contributed by atoms with E-state index in [2.05, 4.69) is 59.4 Å². The van der Waals surface area contributed by atoms with Gasteiger partial charge < -0.3 is 5.32 Å². The number of halogens is 2. The fourth-order valence-corrected chi connectivity index (χ4v) is 2.68. The van der Waals surface area contributed by atoms with Crippen molar-refractivity contribution in [2.45, 2.75) is 32.7 Å². The van der Waals surface area contributed by atoms with E-state index in [4.69, 9.17) is 11.6 Å². The standard InChI is InChI=1S/C17H19BrClN/c1-3-4-13-5-7-14(8-6-13)12(2)20-15-9-10-17(19)16(18)11-15/h5-12,20H,3-4H2,1-2H3. The van der Waals surface area contributed by atoms with E-state index in [-0.39, 0.29) is 6.04 Å². The van der Waals surface area contributed by atoms with Crippen molar-refractivity contribution in [2.24, 2.45) is 0 Å². The molecule has 0 fully saturated rings. The number of nitrogens with one attached hydrogen (secondary N) is 1. The van der Waals surface area contributed by atoms with Crippen LogP contribution in [0.25, 0.3) is 0 Å². The lowest BCUT2D eigenvalue weighted by molar-refractivity contribution is 0.876. The molecule has 1 nitrogen and oxygen atoms in total. The third kappa shape index (κ3) is 4.00. The third-order valence-electron chi connectivity index (χ3n) is 3.32. The number of benzene rings is 2. The highest BCUT2D eigenvalue weighted by molar-refractivity contribution is 9.10. The first kappa shape index (κ1) is 15.4. The highest BCUT2D eigenvalue weighted by atomic mass is 79.9. The highest BCUT2D eigenvalue weighted by Crippen LogP contribution is 2.27. The third-order valence-corrected chi connectivity index (χ3v) is 4.54. The van der Waals surface area contributed by atoms with Gasteiger partial charge in [-0.05, 0) is 58.6 Å². The number of rotatable bonds is 5. The zero-order valence-electron chi connectivity index (χ0n) is 11.8. The van der Waals surface area contributed by atoms with Crippen molar-refractivity contribution in [3.05, 3.63) is 63.1 Å². The lowest BCUT2D eigenvalue weighted by Gasteiger charge is -2.16. The Balaban J connectivity index is 2.06. The topological polar surface area (TPSA) is 12.0 Å². The number of anilines is 1. The molecule has 0 bridgehead atoms. The van der Waals surface area contributed by atoms with Crippen molar-refractivity contribution in [3.63, 3.8) is 0 Å². The molecule has 3 heteroatoms. The first-order valence-electron chi connectivity index (χ1n) is 6.90. The maximum Gasteiger partial charge on any atom is 0.0549 e. The highest BCUT2D eigenvalue weighted by Gasteiger charge is 2.06. The molecular weight excluding hydrogens is 334 g/mol. The van der Waals surface area contributed by atoms with Gasteiger partial charge in [0.1, 0.15) is 0 Å². The first-order valence-corrected chi connectivity index (χ1v) is 8.07. The summed E-state index contributed by atoms with van der Waals surface area (Å²) in [6.07, 6.45) is 2.33. The largest absolute Gasteiger partial charge is 0.378 e. The van der Waals surface area contributed by atoms with E-state index in [0.717, 1.165) is 21.6 Å². The van der Waals surface area contributed by atoms with Gasteiger partial charge in [0.15, 0.2) is 0 Å². The molecule has 2 aromatic rings. The summed E-state index contributed by atoms with van der Waals surface area (Å²) in [6.45, 7) is 4.37. The summed E-state index contributed by atoms with van der Waals surface area (Å²) in [6, 6.07) is 15.0. The van der Waals surface area contributed by atoms with Gasteiger partial charge in [-0.15, -0.1) is 0 Å². The van der Waals surface area contributed by atoms with E-state index in [1.807, 2.05) is 18.2 Å². The van der Waals surface area contributed by atoms with Gasteiger partial charge >= 0.3 is 0 Å². The van der Waals surface area contributed by atoms with E-state index in [1.54, 1.807) is 0 Å². The fourth-order valence-electron chi connectivity index (χ4n) is 2.18. The SMILES string of the molecule is CCCc1ccc(C(C)Nc2ccc(Cl)c(Br)c2)cc1. The van der Waals surface area contributed by atoms with Gasteiger partial charge in [-0.3, -0.25) is 0 Å². The van der Waals surface area contributed by atoms with Crippen LogP contribution in [-0.4, -0.2) is 0 Å². The predicted octanol–water partition coefficient (Wildman–Crippen LogP) is 6.23. The Hall–Kier alpha value is -0.990. The predicted molar refractivity (Wildman–Crippen MR) is 91.6 cm³/mol. The quantitative estimate of drug-likeness (QED) is 0.672. The van der Waals surface area contributed by atoms with Crippen LogP contribution in [0.2, 0.25) is 5.02 Å². The summed E-state index contributed by atoms with van der Waals surface area (Å²) >= 11 is 9.45. The molecule has 0 aliphatic carbocycles. The summed E-state index contributed by atoms with van der Waals surface area (Å²) in [5, 5.41) is 4.22. The minimum Gasteiger partial charge on any atom is -0.378 e. The molecule has 0 saturated heterocycles. The second-order valence-electron chi connectivity index (χ2n) is 4.99. The van der Waals surface area contributed by atoms with Crippen LogP contribution >= 0.6 is 27.5 Å². The Morgan fingerprint density at radius 3 is 2.45 bits per heavy atom.